The predicted octanol–water partition coefficient (Wildman–Crippen LogP) is 3.72. The number of rotatable bonds is 3. The second-order valence-electron chi connectivity index (χ2n) is 4.37. The maximum Gasteiger partial charge on any atom is 0.271 e. The summed E-state index contributed by atoms with van der Waals surface area (Å²) < 4.78 is 0.980. The van der Waals surface area contributed by atoms with E-state index in [1.165, 1.54) is 6.21 Å². The molecule has 2 N–H and O–H groups in total. The number of phenols is 1. The van der Waals surface area contributed by atoms with Crippen molar-refractivity contribution in [1.29, 1.82) is 0 Å². The van der Waals surface area contributed by atoms with Crippen LogP contribution in [0.3, 0.4) is 0 Å². The third kappa shape index (κ3) is 4.18. The zero-order valence-electron chi connectivity index (χ0n) is 11.1. The highest BCUT2D eigenvalue weighted by Gasteiger charge is 2.05. The van der Waals surface area contributed by atoms with Crippen LogP contribution in [0.5, 0.6) is 5.75 Å². The Morgan fingerprint density at radius 2 is 2.00 bits per heavy atom. The van der Waals surface area contributed by atoms with Gasteiger partial charge in [0.05, 0.1) is 6.21 Å². The fraction of sp³-hybridized carbons (Fsp3) is 0.0667. The second kappa shape index (κ2) is 6.91. The molecule has 0 aliphatic carbocycles. The first-order valence-corrected chi connectivity index (χ1v) is 7.51. The third-order valence-electron chi connectivity index (χ3n) is 2.77. The molecule has 2 aromatic carbocycles. The summed E-state index contributed by atoms with van der Waals surface area (Å²) in [6.07, 6.45) is 1.41. The standard InChI is InChI=1S/C15H12ClIN2O2/c1-9-6-13(17)7-11(14(9)20)8-18-19-15(21)10-2-4-12(16)5-3-10/h2-8,20H,1H3,(H,19,21). The molecule has 0 bridgehead atoms. The predicted molar refractivity (Wildman–Crippen MR) is 92.1 cm³/mol. The zero-order valence-corrected chi connectivity index (χ0v) is 14.0. The minimum atomic E-state index is -0.343. The molecular weight excluding hydrogens is 403 g/mol. The number of hydrogen-bond donors (Lipinski definition) is 2. The Labute approximate surface area is 141 Å². The number of carbonyl (C=O) groups excluding carboxylic acids is 1. The Kier molecular flexibility index (Phi) is 5.19. The van der Waals surface area contributed by atoms with Gasteiger partial charge in [0, 0.05) is 19.7 Å². The lowest BCUT2D eigenvalue weighted by Crippen LogP contribution is -2.17. The minimum absolute atomic E-state index is 0.153. The molecule has 1 amide bonds. The van der Waals surface area contributed by atoms with Crippen molar-refractivity contribution in [1.82, 2.24) is 5.43 Å². The van der Waals surface area contributed by atoms with Crippen molar-refractivity contribution < 1.29 is 9.90 Å². The second-order valence-corrected chi connectivity index (χ2v) is 6.05. The topological polar surface area (TPSA) is 61.7 Å². The molecular formula is C15H12ClIN2O2. The summed E-state index contributed by atoms with van der Waals surface area (Å²) in [6.45, 7) is 1.81. The van der Waals surface area contributed by atoms with Gasteiger partial charge in [-0.25, -0.2) is 5.43 Å². The highest BCUT2D eigenvalue weighted by molar-refractivity contribution is 14.1. The molecule has 0 atom stereocenters. The maximum absolute atomic E-state index is 11.8. The lowest BCUT2D eigenvalue weighted by Gasteiger charge is -2.04. The molecule has 0 saturated carbocycles. The normalized spacial score (nSPS) is 10.8. The van der Waals surface area contributed by atoms with Gasteiger partial charge in [0.15, 0.2) is 0 Å². The van der Waals surface area contributed by atoms with Crippen molar-refractivity contribution in [3.63, 3.8) is 0 Å². The average Bonchev–Trinajstić information content (AvgIpc) is 2.44. The number of benzene rings is 2. The Hall–Kier alpha value is -1.60. The molecule has 0 fully saturated rings. The number of nitrogens with zero attached hydrogens (tertiary/aromatic N) is 1. The van der Waals surface area contributed by atoms with E-state index in [2.05, 4.69) is 33.1 Å². The van der Waals surface area contributed by atoms with Crippen molar-refractivity contribution in [3.05, 3.63) is 61.7 Å². The molecule has 6 heteroatoms. The molecule has 0 spiro atoms. The molecule has 0 aromatic heterocycles. The van der Waals surface area contributed by atoms with Gasteiger partial charge >= 0.3 is 0 Å². The number of halogens is 2. The average molecular weight is 415 g/mol. The van der Waals surface area contributed by atoms with Crippen molar-refractivity contribution in [2.24, 2.45) is 5.10 Å². The first-order chi connectivity index (χ1) is 9.97. The van der Waals surface area contributed by atoms with E-state index in [0.29, 0.717) is 16.1 Å². The summed E-state index contributed by atoms with van der Waals surface area (Å²) in [4.78, 5) is 11.8. The van der Waals surface area contributed by atoms with E-state index in [4.69, 9.17) is 11.6 Å². The van der Waals surface area contributed by atoms with Gasteiger partial charge in [-0.1, -0.05) is 11.6 Å². The summed E-state index contributed by atoms with van der Waals surface area (Å²) in [5.41, 5.74) is 4.17. The first-order valence-electron chi connectivity index (χ1n) is 6.05. The van der Waals surface area contributed by atoms with Crippen LogP contribution < -0.4 is 5.43 Å². The quantitative estimate of drug-likeness (QED) is 0.457. The fourth-order valence-electron chi connectivity index (χ4n) is 1.69. The van der Waals surface area contributed by atoms with Crippen LogP contribution in [0, 0.1) is 10.5 Å². The molecule has 2 aromatic rings. The molecule has 0 aliphatic heterocycles. The summed E-state index contributed by atoms with van der Waals surface area (Å²) in [5, 5.41) is 14.3. The van der Waals surface area contributed by atoms with E-state index in [1.54, 1.807) is 37.3 Å². The summed E-state index contributed by atoms with van der Waals surface area (Å²) >= 11 is 7.91. The van der Waals surface area contributed by atoms with Crippen molar-refractivity contribution in [2.75, 3.05) is 0 Å². The maximum atomic E-state index is 11.8. The van der Waals surface area contributed by atoms with Crippen LogP contribution in [0.15, 0.2) is 41.5 Å². The number of carbonyl (C=O) groups is 1. The Balaban J connectivity index is 2.09. The number of nitrogens with one attached hydrogen (secondary N) is 1. The monoisotopic (exact) mass is 414 g/mol. The molecule has 0 aliphatic rings. The van der Waals surface area contributed by atoms with E-state index in [-0.39, 0.29) is 11.7 Å². The van der Waals surface area contributed by atoms with Gasteiger partial charge in [0.1, 0.15) is 5.75 Å². The SMILES string of the molecule is Cc1cc(I)cc(C=NNC(=O)c2ccc(Cl)cc2)c1O. The van der Waals surface area contributed by atoms with Crippen LogP contribution in [0.25, 0.3) is 0 Å². The van der Waals surface area contributed by atoms with Crippen molar-refractivity contribution in [3.8, 4) is 5.75 Å². The van der Waals surface area contributed by atoms with Gasteiger partial charge < -0.3 is 5.11 Å². The van der Waals surface area contributed by atoms with Gasteiger partial charge in [0.25, 0.3) is 5.91 Å². The summed E-state index contributed by atoms with van der Waals surface area (Å²) in [5.74, 6) is -0.190. The number of hydrazone groups is 1. The van der Waals surface area contributed by atoms with Crippen LogP contribution in [0.2, 0.25) is 5.02 Å². The smallest absolute Gasteiger partial charge is 0.271 e. The van der Waals surface area contributed by atoms with Crippen LogP contribution >= 0.6 is 34.2 Å². The first kappa shape index (κ1) is 15.8. The highest BCUT2D eigenvalue weighted by atomic mass is 127. The Morgan fingerprint density at radius 1 is 1.33 bits per heavy atom. The largest absolute Gasteiger partial charge is 0.507 e. The van der Waals surface area contributed by atoms with Crippen molar-refractivity contribution >= 4 is 46.3 Å². The number of phenolic OH excluding ortho intramolecular Hbond substituents is 1. The van der Waals surface area contributed by atoms with E-state index in [0.717, 1.165) is 9.13 Å². The Bertz CT molecular complexity index is 700. The molecule has 0 heterocycles. The highest BCUT2D eigenvalue weighted by Crippen LogP contribution is 2.23. The lowest BCUT2D eigenvalue weighted by atomic mass is 10.1. The van der Waals surface area contributed by atoms with E-state index >= 15 is 0 Å². The number of aryl methyl sites for hydroxylation is 1. The van der Waals surface area contributed by atoms with Crippen LogP contribution in [0.1, 0.15) is 21.5 Å². The molecule has 21 heavy (non-hydrogen) atoms. The fourth-order valence-corrected chi connectivity index (χ4v) is 2.61. The van der Waals surface area contributed by atoms with E-state index in [1.807, 2.05) is 6.07 Å². The summed E-state index contributed by atoms with van der Waals surface area (Å²) in [6, 6.07) is 10.1. The minimum Gasteiger partial charge on any atom is -0.507 e. The van der Waals surface area contributed by atoms with Crippen LogP contribution in [0.4, 0.5) is 0 Å². The molecule has 4 nitrogen and oxygen atoms in total. The van der Waals surface area contributed by atoms with Gasteiger partial charge in [-0.05, 0) is 71.5 Å². The molecule has 0 radical (unpaired) electrons. The molecule has 0 saturated heterocycles. The van der Waals surface area contributed by atoms with Gasteiger partial charge in [-0.3, -0.25) is 4.79 Å². The molecule has 108 valence electrons. The van der Waals surface area contributed by atoms with Crippen LogP contribution in [-0.4, -0.2) is 17.2 Å². The zero-order chi connectivity index (χ0) is 15.4. The van der Waals surface area contributed by atoms with E-state index in [9.17, 15) is 9.90 Å². The summed E-state index contributed by atoms with van der Waals surface area (Å²) in [7, 11) is 0. The van der Waals surface area contributed by atoms with Gasteiger partial charge in [0.2, 0.25) is 0 Å². The molecule has 2 rings (SSSR count). The van der Waals surface area contributed by atoms with Gasteiger partial charge in [-0.2, -0.15) is 5.10 Å². The molecule has 0 unspecified atom stereocenters. The number of hydrogen-bond acceptors (Lipinski definition) is 3. The van der Waals surface area contributed by atoms with Gasteiger partial charge in [-0.15, -0.1) is 0 Å². The number of aromatic hydroxyl groups is 1. The van der Waals surface area contributed by atoms with E-state index < -0.39 is 0 Å². The third-order valence-corrected chi connectivity index (χ3v) is 3.65. The number of amides is 1. The Morgan fingerprint density at radius 3 is 2.67 bits per heavy atom. The van der Waals surface area contributed by atoms with Crippen LogP contribution in [-0.2, 0) is 0 Å². The van der Waals surface area contributed by atoms with Crippen molar-refractivity contribution in [2.45, 2.75) is 6.92 Å². The lowest BCUT2D eigenvalue weighted by molar-refractivity contribution is 0.0955.